The molecule has 0 atom stereocenters. The van der Waals surface area contributed by atoms with Gasteiger partial charge in [-0.2, -0.15) is 0 Å². The maximum Gasteiger partial charge on any atom is 0.143 e. The molecule has 0 radical (unpaired) electrons. The minimum absolute atomic E-state index is 0.311. The van der Waals surface area contributed by atoms with Gasteiger partial charge in [0.1, 0.15) is 23.3 Å². The van der Waals surface area contributed by atoms with E-state index in [0.717, 1.165) is 11.3 Å². The second kappa shape index (κ2) is 6.12. The molecule has 0 unspecified atom stereocenters. The summed E-state index contributed by atoms with van der Waals surface area (Å²) >= 11 is 0. The SMILES string of the molecule is CCn1c(Cn2ccnc2-c2ccccc2F)nc2cc(F)ccc21. The second-order valence-corrected chi connectivity index (χ2v) is 5.76. The molecule has 4 rings (SSSR count). The van der Waals surface area contributed by atoms with Crippen molar-refractivity contribution in [3.05, 3.63) is 72.3 Å². The van der Waals surface area contributed by atoms with E-state index in [1.165, 1.54) is 18.2 Å². The standard InChI is InChI=1S/C19H16F2N4/c1-2-25-17-8-7-13(20)11-16(17)23-18(25)12-24-10-9-22-19(24)14-5-3-4-6-15(14)21/h3-11H,2,12H2,1H3. The average molecular weight is 338 g/mol. The van der Waals surface area contributed by atoms with Gasteiger partial charge in [-0.3, -0.25) is 0 Å². The van der Waals surface area contributed by atoms with Crippen LogP contribution in [0.1, 0.15) is 12.7 Å². The van der Waals surface area contributed by atoms with E-state index in [-0.39, 0.29) is 11.6 Å². The molecular formula is C19H16F2N4. The summed E-state index contributed by atoms with van der Waals surface area (Å²) in [6, 6.07) is 11.1. The van der Waals surface area contributed by atoms with Gasteiger partial charge in [0.25, 0.3) is 0 Å². The Hall–Kier alpha value is -3.02. The summed E-state index contributed by atoms with van der Waals surface area (Å²) in [5, 5.41) is 0. The van der Waals surface area contributed by atoms with Crippen LogP contribution >= 0.6 is 0 Å². The lowest BCUT2D eigenvalue weighted by molar-refractivity contribution is 0.624. The van der Waals surface area contributed by atoms with E-state index in [0.29, 0.717) is 30.0 Å². The van der Waals surface area contributed by atoms with Crippen molar-refractivity contribution in [2.24, 2.45) is 0 Å². The van der Waals surface area contributed by atoms with E-state index >= 15 is 0 Å². The third-order valence-corrected chi connectivity index (χ3v) is 4.25. The van der Waals surface area contributed by atoms with Gasteiger partial charge >= 0.3 is 0 Å². The Morgan fingerprint density at radius 3 is 2.72 bits per heavy atom. The normalized spacial score (nSPS) is 11.3. The lowest BCUT2D eigenvalue weighted by Gasteiger charge is -2.10. The zero-order chi connectivity index (χ0) is 17.4. The number of halogens is 2. The van der Waals surface area contributed by atoms with Crippen LogP contribution in [0.5, 0.6) is 0 Å². The molecule has 126 valence electrons. The molecule has 0 spiro atoms. The predicted molar refractivity (Wildman–Crippen MR) is 92.1 cm³/mol. The molecule has 0 fully saturated rings. The molecule has 0 saturated heterocycles. The first-order chi connectivity index (χ1) is 12.2. The van der Waals surface area contributed by atoms with Crippen molar-refractivity contribution in [2.45, 2.75) is 20.0 Å². The zero-order valence-corrected chi connectivity index (χ0v) is 13.7. The Bertz CT molecular complexity index is 1050. The topological polar surface area (TPSA) is 35.6 Å². The van der Waals surface area contributed by atoms with Gasteiger partial charge in [0, 0.05) is 25.0 Å². The lowest BCUT2D eigenvalue weighted by Crippen LogP contribution is -2.09. The summed E-state index contributed by atoms with van der Waals surface area (Å²) in [5.74, 6) is 0.688. The van der Waals surface area contributed by atoms with Crippen LogP contribution < -0.4 is 0 Å². The second-order valence-electron chi connectivity index (χ2n) is 5.76. The van der Waals surface area contributed by atoms with Crippen LogP contribution in [0.4, 0.5) is 8.78 Å². The fourth-order valence-corrected chi connectivity index (χ4v) is 3.10. The van der Waals surface area contributed by atoms with E-state index in [9.17, 15) is 8.78 Å². The highest BCUT2D eigenvalue weighted by molar-refractivity contribution is 5.76. The summed E-state index contributed by atoms with van der Waals surface area (Å²) < 4.78 is 31.5. The molecule has 2 aromatic heterocycles. The van der Waals surface area contributed by atoms with Crippen LogP contribution in [-0.2, 0) is 13.1 Å². The molecule has 0 aliphatic heterocycles. The van der Waals surface area contributed by atoms with Gasteiger partial charge in [0.15, 0.2) is 0 Å². The van der Waals surface area contributed by atoms with Crippen molar-refractivity contribution in [1.29, 1.82) is 0 Å². The molecule has 4 nitrogen and oxygen atoms in total. The molecule has 0 amide bonds. The van der Waals surface area contributed by atoms with Crippen molar-refractivity contribution in [1.82, 2.24) is 19.1 Å². The first-order valence-electron chi connectivity index (χ1n) is 8.08. The van der Waals surface area contributed by atoms with Gasteiger partial charge in [0.2, 0.25) is 0 Å². The lowest BCUT2D eigenvalue weighted by atomic mass is 10.2. The molecule has 2 aromatic carbocycles. The van der Waals surface area contributed by atoms with Crippen molar-refractivity contribution in [3.8, 4) is 11.4 Å². The van der Waals surface area contributed by atoms with Gasteiger partial charge in [-0.1, -0.05) is 12.1 Å². The Balaban J connectivity index is 1.78. The van der Waals surface area contributed by atoms with E-state index in [2.05, 4.69) is 9.97 Å². The van der Waals surface area contributed by atoms with Gasteiger partial charge in [0.05, 0.1) is 23.1 Å². The maximum absolute atomic E-state index is 14.1. The molecule has 0 N–H and O–H groups in total. The van der Waals surface area contributed by atoms with Crippen LogP contribution in [0, 0.1) is 11.6 Å². The minimum Gasteiger partial charge on any atom is -0.327 e. The number of aromatic nitrogens is 4. The highest BCUT2D eigenvalue weighted by Gasteiger charge is 2.15. The minimum atomic E-state index is -0.319. The van der Waals surface area contributed by atoms with Crippen LogP contribution in [0.3, 0.4) is 0 Å². The molecule has 2 heterocycles. The molecular weight excluding hydrogens is 322 g/mol. The number of fused-ring (bicyclic) bond motifs is 1. The van der Waals surface area contributed by atoms with Crippen molar-refractivity contribution >= 4 is 11.0 Å². The Kier molecular flexibility index (Phi) is 3.80. The Morgan fingerprint density at radius 2 is 1.92 bits per heavy atom. The number of hydrogen-bond donors (Lipinski definition) is 0. The summed E-state index contributed by atoms with van der Waals surface area (Å²) in [6.07, 6.45) is 3.43. The molecule has 0 aliphatic carbocycles. The van der Waals surface area contributed by atoms with Gasteiger partial charge in [-0.25, -0.2) is 18.7 Å². The number of imidazole rings is 2. The average Bonchev–Trinajstić information content (AvgIpc) is 3.19. The number of aryl methyl sites for hydroxylation is 1. The third-order valence-electron chi connectivity index (χ3n) is 4.25. The summed E-state index contributed by atoms with van der Waals surface area (Å²) in [6.45, 7) is 3.15. The Morgan fingerprint density at radius 1 is 1.08 bits per heavy atom. The number of hydrogen-bond acceptors (Lipinski definition) is 2. The monoisotopic (exact) mass is 338 g/mol. The van der Waals surface area contributed by atoms with Gasteiger partial charge in [-0.05, 0) is 31.2 Å². The van der Waals surface area contributed by atoms with Crippen LogP contribution in [0.25, 0.3) is 22.4 Å². The molecule has 0 bridgehead atoms. The Labute approximate surface area is 143 Å². The van der Waals surface area contributed by atoms with Crippen molar-refractivity contribution in [3.63, 3.8) is 0 Å². The summed E-state index contributed by atoms with van der Waals surface area (Å²) in [4.78, 5) is 8.85. The van der Waals surface area contributed by atoms with Crippen molar-refractivity contribution in [2.75, 3.05) is 0 Å². The van der Waals surface area contributed by atoms with Crippen LogP contribution in [0.2, 0.25) is 0 Å². The van der Waals surface area contributed by atoms with E-state index in [1.807, 2.05) is 16.1 Å². The maximum atomic E-state index is 14.1. The molecule has 25 heavy (non-hydrogen) atoms. The zero-order valence-electron chi connectivity index (χ0n) is 13.7. The smallest absolute Gasteiger partial charge is 0.143 e. The number of benzene rings is 2. The van der Waals surface area contributed by atoms with E-state index in [1.54, 1.807) is 36.7 Å². The van der Waals surface area contributed by atoms with Gasteiger partial charge < -0.3 is 9.13 Å². The molecule has 4 aromatic rings. The number of rotatable bonds is 4. The third kappa shape index (κ3) is 2.69. The van der Waals surface area contributed by atoms with Crippen LogP contribution in [-0.4, -0.2) is 19.1 Å². The highest BCUT2D eigenvalue weighted by Crippen LogP contribution is 2.23. The quantitative estimate of drug-likeness (QED) is 0.558. The fourth-order valence-electron chi connectivity index (χ4n) is 3.10. The summed E-state index contributed by atoms with van der Waals surface area (Å²) in [5.41, 5.74) is 1.94. The predicted octanol–water partition coefficient (Wildman–Crippen LogP) is 4.25. The first-order valence-corrected chi connectivity index (χ1v) is 8.08. The number of nitrogens with zero attached hydrogens (tertiary/aromatic N) is 4. The molecule has 6 heteroatoms. The van der Waals surface area contributed by atoms with Crippen LogP contribution in [0.15, 0.2) is 54.9 Å². The largest absolute Gasteiger partial charge is 0.327 e. The van der Waals surface area contributed by atoms with Gasteiger partial charge in [-0.15, -0.1) is 0 Å². The van der Waals surface area contributed by atoms with E-state index in [4.69, 9.17) is 0 Å². The fraction of sp³-hybridized carbons (Fsp3) is 0.158. The summed E-state index contributed by atoms with van der Waals surface area (Å²) in [7, 11) is 0. The molecule has 0 saturated carbocycles. The molecule has 0 aliphatic rings. The first kappa shape index (κ1) is 15.5. The highest BCUT2D eigenvalue weighted by atomic mass is 19.1. The van der Waals surface area contributed by atoms with E-state index < -0.39 is 0 Å². The van der Waals surface area contributed by atoms with Crippen molar-refractivity contribution < 1.29 is 8.78 Å².